The summed E-state index contributed by atoms with van der Waals surface area (Å²) in [5.74, 6) is 0.0339. The Hall–Kier alpha value is -2.07. The predicted molar refractivity (Wildman–Crippen MR) is 93.3 cm³/mol. The fourth-order valence-electron chi connectivity index (χ4n) is 3.42. The number of hydrogen-bond donors (Lipinski definition) is 2. The van der Waals surface area contributed by atoms with Gasteiger partial charge in [-0.25, -0.2) is 0 Å². The van der Waals surface area contributed by atoms with E-state index in [4.69, 9.17) is 0 Å². The fraction of sp³-hybridized carbons (Fsp3) is 0.421. The second kappa shape index (κ2) is 6.59. The first-order valence-electron chi connectivity index (χ1n) is 8.34. The number of piperidine rings is 1. The molecule has 4 nitrogen and oxygen atoms in total. The molecule has 0 saturated carbocycles. The Kier molecular flexibility index (Phi) is 4.53. The van der Waals surface area contributed by atoms with Gasteiger partial charge in [0.2, 0.25) is 0 Å². The summed E-state index contributed by atoms with van der Waals surface area (Å²) in [5.41, 5.74) is 5.21. The summed E-state index contributed by atoms with van der Waals surface area (Å²) in [6.45, 7) is 8.09. The van der Waals surface area contributed by atoms with Crippen molar-refractivity contribution < 1.29 is 4.79 Å². The second-order valence-corrected chi connectivity index (χ2v) is 6.42. The molecule has 1 saturated heterocycles. The van der Waals surface area contributed by atoms with E-state index in [1.165, 1.54) is 5.56 Å². The largest absolute Gasteiger partial charge is 0.348 e. The van der Waals surface area contributed by atoms with Crippen molar-refractivity contribution in [1.82, 2.24) is 15.2 Å². The number of nitrogens with zero attached hydrogens (tertiary/aromatic N) is 1. The molecule has 1 amide bonds. The van der Waals surface area contributed by atoms with Crippen LogP contribution in [0.4, 0.5) is 0 Å². The molecule has 0 radical (unpaired) electrons. The summed E-state index contributed by atoms with van der Waals surface area (Å²) < 4.78 is 2.17. The molecular weight excluding hydrogens is 286 g/mol. The number of aromatic nitrogens is 1. The van der Waals surface area contributed by atoms with Crippen molar-refractivity contribution >= 4 is 5.91 Å². The van der Waals surface area contributed by atoms with Gasteiger partial charge >= 0.3 is 0 Å². The molecule has 122 valence electrons. The van der Waals surface area contributed by atoms with Crippen molar-refractivity contribution in [2.24, 2.45) is 0 Å². The van der Waals surface area contributed by atoms with E-state index in [2.05, 4.69) is 41.2 Å². The molecular formula is C19H25N3O. The van der Waals surface area contributed by atoms with Crippen molar-refractivity contribution in [3.05, 3.63) is 52.8 Å². The molecule has 4 heteroatoms. The molecule has 1 unspecified atom stereocenters. The van der Waals surface area contributed by atoms with E-state index in [0.29, 0.717) is 0 Å². The fourth-order valence-corrected chi connectivity index (χ4v) is 3.42. The number of carbonyl (C=O) groups excluding carboxylic acids is 1. The molecule has 23 heavy (non-hydrogen) atoms. The quantitative estimate of drug-likeness (QED) is 0.915. The Morgan fingerprint density at radius 1 is 1.26 bits per heavy atom. The molecule has 3 rings (SSSR count). The summed E-state index contributed by atoms with van der Waals surface area (Å²) in [6.07, 6.45) is 2.17. The van der Waals surface area contributed by atoms with Gasteiger partial charge < -0.3 is 15.2 Å². The summed E-state index contributed by atoms with van der Waals surface area (Å²) in [6, 6.07) is 10.5. The third-order valence-corrected chi connectivity index (χ3v) is 4.66. The standard InChI is InChI=1S/C19H25N3O/c1-13-7-4-5-9-18(13)22-14(2)11-17(15(22)3)19(23)21-16-8-6-10-20-12-16/h4-5,7,9,11,16,20H,6,8,10,12H2,1-3H3,(H,21,23). The molecule has 2 heterocycles. The van der Waals surface area contributed by atoms with Crippen LogP contribution >= 0.6 is 0 Å². The molecule has 1 aliphatic rings. The molecule has 1 aromatic heterocycles. The van der Waals surface area contributed by atoms with Gasteiger partial charge in [0, 0.05) is 29.7 Å². The maximum atomic E-state index is 12.7. The van der Waals surface area contributed by atoms with Gasteiger partial charge in [-0.2, -0.15) is 0 Å². The zero-order chi connectivity index (χ0) is 16.4. The highest BCUT2D eigenvalue weighted by Gasteiger charge is 2.21. The van der Waals surface area contributed by atoms with Crippen LogP contribution in [-0.2, 0) is 0 Å². The molecule has 1 fully saturated rings. The average molecular weight is 311 g/mol. The normalized spacial score (nSPS) is 18.0. The minimum absolute atomic E-state index is 0.0339. The van der Waals surface area contributed by atoms with Crippen molar-refractivity contribution in [2.75, 3.05) is 13.1 Å². The highest BCUT2D eigenvalue weighted by molar-refractivity contribution is 5.96. The Balaban J connectivity index is 1.88. The lowest BCUT2D eigenvalue weighted by Gasteiger charge is -2.23. The highest BCUT2D eigenvalue weighted by atomic mass is 16.1. The van der Waals surface area contributed by atoms with E-state index >= 15 is 0 Å². The topological polar surface area (TPSA) is 46.1 Å². The van der Waals surface area contributed by atoms with Gasteiger partial charge in [-0.3, -0.25) is 4.79 Å². The first kappa shape index (κ1) is 15.8. The highest BCUT2D eigenvalue weighted by Crippen LogP contribution is 2.23. The first-order chi connectivity index (χ1) is 11.1. The molecule has 0 aliphatic carbocycles. The van der Waals surface area contributed by atoms with Gasteiger partial charge in [0.05, 0.1) is 5.56 Å². The van der Waals surface area contributed by atoms with Crippen LogP contribution in [0.25, 0.3) is 5.69 Å². The number of benzene rings is 1. The lowest BCUT2D eigenvalue weighted by Crippen LogP contribution is -2.45. The smallest absolute Gasteiger partial charge is 0.253 e. The number of nitrogens with one attached hydrogen (secondary N) is 2. The van der Waals surface area contributed by atoms with Crippen molar-refractivity contribution in [2.45, 2.75) is 39.7 Å². The van der Waals surface area contributed by atoms with E-state index in [9.17, 15) is 4.79 Å². The van der Waals surface area contributed by atoms with E-state index in [0.717, 1.165) is 48.6 Å². The van der Waals surface area contributed by atoms with E-state index in [-0.39, 0.29) is 11.9 Å². The lowest BCUT2D eigenvalue weighted by molar-refractivity contribution is 0.0930. The van der Waals surface area contributed by atoms with Gasteiger partial charge in [-0.1, -0.05) is 18.2 Å². The summed E-state index contributed by atoms with van der Waals surface area (Å²) >= 11 is 0. The van der Waals surface area contributed by atoms with Crippen LogP contribution in [0.2, 0.25) is 0 Å². The van der Waals surface area contributed by atoms with Gasteiger partial charge in [0.15, 0.2) is 0 Å². The molecule has 1 atom stereocenters. The second-order valence-electron chi connectivity index (χ2n) is 6.42. The van der Waals surface area contributed by atoms with Crippen molar-refractivity contribution in [1.29, 1.82) is 0 Å². The minimum atomic E-state index is 0.0339. The zero-order valence-electron chi connectivity index (χ0n) is 14.1. The number of aryl methyl sites for hydroxylation is 2. The number of amides is 1. The van der Waals surface area contributed by atoms with E-state index in [1.807, 2.05) is 25.1 Å². The third kappa shape index (κ3) is 3.17. The molecule has 2 N–H and O–H groups in total. The molecule has 0 bridgehead atoms. The first-order valence-corrected chi connectivity index (χ1v) is 8.34. The molecule has 1 aromatic carbocycles. The summed E-state index contributed by atoms with van der Waals surface area (Å²) in [5, 5.41) is 6.50. The van der Waals surface area contributed by atoms with E-state index in [1.54, 1.807) is 0 Å². The SMILES string of the molecule is Cc1ccccc1-n1c(C)cc(C(=O)NC2CCCNC2)c1C. The van der Waals surface area contributed by atoms with Crippen LogP contribution in [0.3, 0.4) is 0 Å². The predicted octanol–water partition coefficient (Wildman–Crippen LogP) is 2.88. The van der Waals surface area contributed by atoms with Gasteiger partial charge in [0.25, 0.3) is 5.91 Å². The van der Waals surface area contributed by atoms with Gasteiger partial charge in [-0.15, -0.1) is 0 Å². The van der Waals surface area contributed by atoms with Crippen molar-refractivity contribution in [3.8, 4) is 5.69 Å². The summed E-state index contributed by atoms with van der Waals surface area (Å²) in [4.78, 5) is 12.7. The maximum absolute atomic E-state index is 12.7. The van der Waals surface area contributed by atoms with Crippen LogP contribution in [0.1, 0.15) is 40.2 Å². The molecule has 0 spiro atoms. The third-order valence-electron chi connectivity index (χ3n) is 4.66. The lowest BCUT2D eigenvalue weighted by atomic mass is 10.1. The number of para-hydroxylation sites is 1. The Morgan fingerprint density at radius 2 is 2.04 bits per heavy atom. The van der Waals surface area contributed by atoms with Gasteiger partial charge in [-0.05, 0) is 57.9 Å². The van der Waals surface area contributed by atoms with Crippen LogP contribution in [0.5, 0.6) is 0 Å². The monoisotopic (exact) mass is 311 g/mol. The maximum Gasteiger partial charge on any atom is 0.253 e. The number of rotatable bonds is 3. The van der Waals surface area contributed by atoms with Crippen LogP contribution in [0, 0.1) is 20.8 Å². The number of hydrogen-bond acceptors (Lipinski definition) is 2. The van der Waals surface area contributed by atoms with E-state index < -0.39 is 0 Å². The van der Waals surface area contributed by atoms with Crippen LogP contribution < -0.4 is 10.6 Å². The summed E-state index contributed by atoms with van der Waals surface area (Å²) in [7, 11) is 0. The average Bonchev–Trinajstić information content (AvgIpc) is 2.84. The Bertz CT molecular complexity index is 711. The van der Waals surface area contributed by atoms with Crippen molar-refractivity contribution in [3.63, 3.8) is 0 Å². The van der Waals surface area contributed by atoms with Crippen LogP contribution in [-0.4, -0.2) is 29.6 Å². The Labute approximate surface area is 137 Å². The minimum Gasteiger partial charge on any atom is -0.348 e. The number of carbonyl (C=O) groups is 1. The Morgan fingerprint density at radius 3 is 2.74 bits per heavy atom. The molecule has 2 aromatic rings. The van der Waals surface area contributed by atoms with Gasteiger partial charge in [0.1, 0.15) is 0 Å². The molecule has 1 aliphatic heterocycles. The zero-order valence-corrected chi connectivity index (χ0v) is 14.1. The van der Waals surface area contributed by atoms with Crippen LogP contribution in [0.15, 0.2) is 30.3 Å².